The Kier molecular flexibility index (Phi) is 4.18. The Labute approximate surface area is 173 Å². The van der Waals surface area contributed by atoms with E-state index in [1.54, 1.807) is 13.0 Å². The Hall–Kier alpha value is -3.20. The van der Waals surface area contributed by atoms with Gasteiger partial charge >= 0.3 is 6.18 Å². The van der Waals surface area contributed by atoms with Gasteiger partial charge in [-0.15, -0.1) is 0 Å². The van der Waals surface area contributed by atoms with Crippen molar-refractivity contribution in [3.8, 4) is 5.13 Å². The van der Waals surface area contributed by atoms with Crippen molar-refractivity contribution in [2.45, 2.75) is 25.4 Å². The van der Waals surface area contributed by atoms with E-state index in [1.165, 1.54) is 28.2 Å². The lowest BCUT2D eigenvalue weighted by Crippen LogP contribution is -2.26. The number of anilines is 1. The third kappa shape index (κ3) is 2.97. The van der Waals surface area contributed by atoms with E-state index >= 15 is 0 Å². The third-order valence-electron chi connectivity index (χ3n) is 5.21. The maximum absolute atomic E-state index is 13.6. The van der Waals surface area contributed by atoms with Gasteiger partial charge in [-0.2, -0.15) is 23.0 Å². The topological polar surface area (TPSA) is 59.8 Å². The van der Waals surface area contributed by atoms with E-state index in [4.69, 9.17) is 0 Å². The molecule has 1 atom stereocenters. The summed E-state index contributed by atoms with van der Waals surface area (Å²) in [7, 11) is 0. The zero-order chi connectivity index (χ0) is 21.0. The predicted molar refractivity (Wildman–Crippen MR) is 108 cm³/mol. The van der Waals surface area contributed by atoms with Crippen molar-refractivity contribution in [2.75, 3.05) is 5.32 Å². The minimum Gasteiger partial charge on any atom is -0.310 e. The van der Waals surface area contributed by atoms with Crippen LogP contribution in [0.2, 0.25) is 0 Å². The van der Waals surface area contributed by atoms with Crippen LogP contribution < -0.4 is 5.32 Å². The van der Waals surface area contributed by atoms with Crippen LogP contribution in [0.4, 0.5) is 19.0 Å². The summed E-state index contributed by atoms with van der Waals surface area (Å²) >= 11 is 1.40. The highest BCUT2D eigenvalue weighted by Crippen LogP contribution is 2.44. The van der Waals surface area contributed by atoms with E-state index in [2.05, 4.69) is 15.4 Å². The average Bonchev–Trinajstić information content (AvgIpc) is 3.28. The number of thiazole rings is 1. The van der Waals surface area contributed by atoms with E-state index in [0.29, 0.717) is 22.2 Å². The second-order valence-corrected chi connectivity index (χ2v) is 8.12. The molecule has 2 aromatic carbocycles. The van der Waals surface area contributed by atoms with Gasteiger partial charge in [0.1, 0.15) is 5.82 Å². The van der Waals surface area contributed by atoms with Gasteiger partial charge in [0.15, 0.2) is 0 Å². The monoisotopic (exact) mass is 428 g/mol. The quantitative estimate of drug-likeness (QED) is 0.472. The molecule has 0 saturated heterocycles. The van der Waals surface area contributed by atoms with Crippen molar-refractivity contribution >= 4 is 33.3 Å². The molecule has 152 valence electrons. The first-order valence-electron chi connectivity index (χ1n) is 9.24. The zero-order valence-electron chi connectivity index (χ0n) is 15.7. The number of benzene rings is 2. The first kappa shape index (κ1) is 18.8. The molecule has 2 aromatic heterocycles. The van der Waals surface area contributed by atoms with Gasteiger partial charge in [0.05, 0.1) is 21.5 Å². The number of aryl methyl sites for hydroxylation is 1. The summed E-state index contributed by atoms with van der Waals surface area (Å²) in [5.41, 5.74) is 1.29. The van der Waals surface area contributed by atoms with Gasteiger partial charge in [-0.05, 0) is 30.7 Å². The van der Waals surface area contributed by atoms with Crippen molar-refractivity contribution in [1.82, 2.24) is 14.8 Å². The number of fused-ring (bicyclic) bond motifs is 2. The smallest absolute Gasteiger partial charge is 0.310 e. The molecule has 4 aromatic rings. The Balaban J connectivity index is 1.70. The first-order chi connectivity index (χ1) is 14.3. The molecule has 0 aliphatic carbocycles. The number of carbonyl (C=O) groups excluding carboxylic acids is 1. The molecule has 3 heterocycles. The molecular weight excluding hydrogens is 413 g/mol. The normalized spacial score (nSPS) is 16.5. The molecule has 5 rings (SSSR count). The van der Waals surface area contributed by atoms with Crippen molar-refractivity contribution < 1.29 is 18.0 Å². The van der Waals surface area contributed by atoms with E-state index in [9.17, 15) is 18.0 Å². The summed E-state index contributed by atoms with van der Waals surface area (Å²) in [5, 5.41) is 7.87. The Bertz CT molecular complexity index is 1260. The molecule has 1 N–H and O–H groups in total. The number of alkyl halides is 3. The number of nitrogens with zero attached hydrogens (tertiary/aromatic N) is 3. The van der Waals surface area contributed by atoms with E-state index < -0.39 is 17.7 Å². The van der Waals surface area contributed by atoms with Crippen molar-refractivity contribution in [2.24, 2.45) is 0 Å². The number of halogens is 3. The number of carbonyl (C=O) groups is 1. The van der Waals surface area contributed by atoms with Gasteiger partial charge in [-0.3, -0.25) is 4.79 Å². The molecule has 0 saturated carbocycles. The Morgan fingerprint density at radius 2 is 1.87 bits per heavy atom. The molecule has 0 fully saturated rings. The highest BCUT2D eigenvalue weighted by molar-refractivity contribution is 7.20. The molecule has 1 amide bonds. The lowest BCUT2D eigenvalue weighted by atomic mass is 9.83. The van der Waals surface area contributed by atoms with Crippen molar-refractivity contribution in [3.63, 3.8) is 0 Å². The molecular formula is C21H15F3N4OS. The second kappa shape index (κ2) is 6.66. The van der Waals surface area contributed by atoms with Crippen LogP contribution in [0.3, 0.4) is 0 Å². The van der Waals surface area contributed by atoms with E-state index in [-0.39, 0.29) is 17.9 Å². The number of rotatable bonds is 2. The van der Waals surface area contributed by atoms with Gasteiger partial charge < -0.3 is 5.32 Å². The third-order valence-corrected chi connectivity index (χ3v) is 6.22. The van der Waals surface area contributed by atoms with E-state index in [1.807, 2.05) is 24.3 Å². The van der Waals surface area contributed by atoms with Gasteiger partial charge in [-0.25, -0.2) is 4.98 Å². The minimum atomic E-state index is -4.51. The zero-order valence-corrected chi connectivity index (χ0v) is 16.5. The molecule has 9 heteroatoms. The Morgan fingerprint density at radius 1 is 1.13 bits per heavy atom. The van der Waals surface area contributed by atoms with Crippen LogP contribution in [0.25, 0.3) is 15.3 Å². The van der Waals surface area contributed by atoms with Crippen molar-refractivity contribution in [3.05, 3.63) is 70.9 Å². The molecule has 5 nitrogen and oxygen atoms in total. The molecule has 1 aliphatic rings. The summed E-state index contributed by atoms with van der Waals surface area (Å²) in [5.74, 6) is -0.716. The summed E-state index contributed by atoms with van der Waals surface area (Å²) in [4.78, 5) is 17.1. The largest absolute Gasteiger partial charge is 0.416 e. The number of hydrogen-bond donors (Lipinski definition) is 1. The van der Waals surface area contributed by atoms with E-state index in [0.717, 1.165) is 16.3 Å². The van der Waals surface area contributed by atoms with Crippen LogP contribution in [-0.2, 0) is 11.0 Å². The fourth-order valence-electron chi connectivity index (χ4n) is 3.96. The van der Waals surface area contributed by atoms with Crippen LogP contribution in [0.15, 0.2) is 48.5 Å². The van der Waals surface area contributed by atoms with Crippen LogP contribution >= 0.6 is 11.3 Å². The van der Waals surface area contributed by atoms with Gasteiger partial charge in [0, 0.05) is 17.9 Å². The van der Waals surface area contributed by atoms with Crippen molar-refractivity contribution in [1.29, 1.82) is 0 Å². The van der Waals surface area contributed by atoms with Gasteiger partial charge in [-0.1, -0.05) is 41.7 Å². The summed E-state index contributed by atoms with van der Waals surface area (Å²) in [6, 6.07) is 13.0. The maximum Gasteiger partial charge on any atom is 0.416 e. The van der Waals surface area contributed by atoms with Crippen LogP contribution in [0, 0.1) is 6.92 Å². The highest BCUT2D eigenvalue weighted by Gasteiger charge is 2.39. The summed E-state index contributed by atoms with van der Waals surface area (Å²) < 4.78 is 43.4. The Morgan fingerprint density at radius 3 is 2.63 bits per heavy atom. The maximum atomic E-state index is 13.6. The standard InChI is InChI=1S/C21H15F3N4OS/c1-11-18-13(12-6-2-3-7-14(12)21(22,23)24)10-17(29)26-19(18)28(27-11)20-25-15-8-4-5-9-16(15)30-20/h2-9,13H,10H2,1H3,(H,26,29). The van der Waals surface area contributed by atoms with Crippen LogP contribution in [-0.4, -0.2) is 20.7 Å². The molecule has 1 aliphatic heterocycles. The number of aromatic nitrogens is 3. The van der Waals surface area contributed by atoms with Gasteiger partial charge in [0.25, 0.3) is 0 Å². The molecule has 0 spiro atoms. The van der Waals surface area contributed by atoms with Crippen LogP contribution in [0.5, 0.6) is 0 Å². The number of hydrogen-bond acceptors (Lipinski definition) is 4. The fraction of sp³-hybridized carbons (Fsp3) is 0.190. The van der Waals surface area contributed by atoms with Crippen LogP contribution in [0.1, 0.15) is 34.7 Å². The summed E-state index contributed by atoms with van der Waals surface area (Å²) in [6.07, 6.45) is -4.59. The van der Waals surface area contributed by atoms with Gasteiger partial charge in [0.2, 0.25) is 11.0 Å². The molecule has 0 radical (unpaired) electrons. The first-order valence-corrected chi connectivity index (χ1v) is 10.1. The highest BCUT2D eigenvalue weighted by atomic mass is 32.1. The minimum absolute atomic E-state index is 0.0769. The summed E-state index contributed by atoms with van der Waals surface area (Å²) in [6.45, 7) is 1.74. The number of para-hydroxylation sites is 1. The lowest BCUT2D eigenvalue weighted by molar-refractivity contribution is -0.138. The average molecular weight is 428 g/mol. The SMILES string of the molecule is Cc1nn(-c2nc3ccccc3s2)c2c1C(c1ccccc1C(F)(F)F)CC(=O)N2. The molecule has 0 bridgehead atoms. The fourth-order valence-corrected chi connectivity index (χ4v) is 4.89. The molecule has 30 heavy (non-hydrogen) atoms. The second-order valence-electron chi connectivity index (χ2n) is 7.11. The number of amides is 1. The lowest BCUT2D eigenvalue weighted by Gasteiger charge is -2.26. The predicted octanol–water partition coefficient (Wildman–Crippen LogP) is 5.28. The number of nitrogens with one attached hydrogen (secondary N) is 1. The molecule has 1 unspecified atom stereocenters.